The quantitative estimate of drug-likeness (QED) is 0.586. The van der Waals surface area contributed by atoms with E-state index in [0.717, 1.165) is 8.95 Å². The van der Waals surface area contributed by atoms with Crippen molar-refractivity contribution in [3.05, 3.63) is 30.5 Å². The van der Waals surface area contributed by atoms with Gasteiger partial charge in [-0.1, -0.05) is 0 Å². The van der Waals surface area contributed by atoms with Crippen molar-refractivity contribution in [3.8, 4) is 11.5 Å². The van der Waals surface area contributed by atoms with E-state index in [1.54, 1.807) is 22.7 Å². The molecule has 0 amide bonds. The van der Waals surface area contributed by atoms with Gasteiger partial charge in [0.15, 0.2) is 0 Å². The predicted molar refractivity (Wildman–Crippen MR) is 65.3 cm³/mol. The van der Waals surface area contributed by atoms with Crippen molar-refractivity contribution in [2.24, 2.45) is 0 Å². The van der Waals surface area contributed by atoms with E-state index < -0.39 is 0 Å². The molecule has 0 atom stereocenters. The van der Waals surface area contributed by atoms with Crippen LogP contribution in [0.4, 0.5) is 0 Å². The highest BCUT2D eigenvalue weighted by Gasteiger charge is 2.07. The normalized spacial score (nSPS) is 10.1. The highest BCUT2D eigenvalue weighted by atomic mass is 79.9. The molecular weight excluding hydrogens is 352 g/mol. The van der Waals surface area contributed by atoms with Crippen LogP contribution >= 0.6 is 54.5 Å². The van der Waals surface area contributed by atoms with Crippen molar-refractivity contribution in [1.82, 2.24) is 0 Å². The molecule has 0 aromatic carbocycles. The third-order valence-electron chi connectivity index (χ3n) is 1.39. The van der Waals surface area contributed by atoms with E-state index in [1.165, 1.54) is 0 Å². The van der Waals surface area contributed by atoms with Gasteiger partial charge in [-0.2, -0.15) is 0 Å². The van der Waals surface area contributed by atoms with Crippen LogP contribution in [0.25, 0.3) is 0 Å². The first-order valence-corrected chi connectivity index (χ1v) is 7.02. The highest BCUT2D eigenvalue weighted by molar-refractivity contribution is 9.11. The van der Waals surface area contributed by atoms with Gasteiger partial charge in [-0.15, -0.1) is 22.7 Å². The molecule has 2 aromatic heterocycles. The summed E-state index contributed by atoms with van der Waals surface area (Å²) < 4.78 is 1.79. The minimum atomic E-state index is 0.688. The smallest absolute Gasteiger partial charge is 0.203 e. The molecule has 0 spiro atoms. The first-order valence-electron chi connectivity index (χ1n) is 3.55. The topological polar surface area (TPSA) is 18.5 Å². The van der Waals surface area contributed by atoms with Crippen LogP contribution in [-0.4, -0.2) is 0 Å². The molecule has 0 unspecified atom stereocenters. The van der Waals surface area contributed by atoms with E-state index in [-0.39, 0.29) is 0 Å². The molecule has 14 heavy (non-hydrogen) atoms. The van der Waals surface area contributed by atoms with Crippen LogP contribution in [-0.2, 0) is 0 Å². The predicted octanol–water partition coefficient (Wildman–Crippen LogP) is 4.71. The second-order valence-corrected chi connectivity index (χ2v) is 5.53. The lowest BCUT2D eigenvalue weighted by atomic mass is 10.6. The van der Waals surface area contributed by atoms with E-state index in [4.69, 9.17) is 9.78 Å². The molecule has 0 aliphatic heterocycles. The molecule has 0 aliphatic carbocycles. The molecular formula is C8H4Br2O2S2. The third kappa shape index (κ3) is 2.31. The molecule has 0 bridgehead atoms. The van der Waals surface area contributed by atoms with Crippen LogP contribution in [0.1, 0.15) is 0 Å². The lowest BCUT2D eigenvalue weighted by Crippen LogP contribution is -1.98. The molecule has 2 heterocycles. The van der Waals surface area contributed by atoms with Crippen LogP contribution in [0.3, 0.4) is 0 Å². The minimum absolute atomic E-state index is 0.688. The Morgan fingerprint density at radius 1 is 0.786 bits per heavy atom. The van der Waals surface area contributed by atoms with E-state index in [9.17, 15) is 0 Å². The average Bonchev–Trinajstić information content (AvgIpc) is 2.72. The third-order valence-corrected chi connectivity index (χ3v) is 4.67. The van der Waals surface area contributed by atoms with Crippen LogP contribution in [0.2, 0.25) is 0 Å². The Labute approximate surface area is 106 Å². The second kappa shape index (κ2) is 4.65. The summed E-state index contributed by atoms with van der Waals surface area (Å²) in [5, 5.41) is 7.59. The maximum absolute atomic E-state index is 5.14. The monoisotopic (exact) mass is 354 g/mol. The van der Waals surface area contributed by atoms with Crippen LogP contribution in [0.5, 0.6) is 11.5 Å². The summed E-state index contributed by atoms with van der Waals surface area (Å²) in [6.45, 7) is 0. The first-order chi connectivity index (χ1) is 6.77. The molecule has 2 nitrogen and oxygen atoms in total. The number of thiophene rings is 2. The van der Waals surface area contributed by atoms with E-state index >= 15 is 0 Å². The summed E-state index contributed by atoms with van der Waals surface area (Å²) in [5.74, 6) is 1.38. The molecule has 2 aromatic rings. The van der Waals surface area contributed by atoms with E-state index in [2.05, 4.69) is 31.9 Å². The number of hydrogen-bond donors (Lipinski definition) is 0. The summed E-state index contributed by atoms with van der Waals surface area (Å²) in [6, 6.07) is 0. The standard InChI is InChI=1S/C8H4Br2O2S2/c9-5-1-13-3-7(5)11-12-8-4-14-2-6(8)10/h1-4H. The molecule has 0 radical (unpaired) electrons. The van der Waals surface area contributed by atoms with Gasteiger partial charge in [0.1, 0.15) is 0 Å². The zero-order valence-electron chi connectivity index (χ0n) is 6.70. The lowest BCUT2D eigenvalue weighted by Gasteiger charge is -2.02. The Bertz CT molecular complexity index is 384. The van der Waals surface area contributed by atoms with Crippen molar-refractivity contribution < 1.29 is 9.78 Å². The van der Waals surface area contributed by atoms with Gasteiger partial charge in [-0.3, -0.25) is 9.78 Å². The molecule has 0 fully saturated rings. The van der Waals surface area contributed by atoms with Gasteiger partial charge in [-0.05, 0) is 31.9 Å². The maximum Gasteiger partial charge on any atom is 0.203 e. The molecule has 0 N–H and O–H groups in total. The first kappa shape index (κ1) is 10.5. The maximum atomic E-state index is 5.14. The molecule has 0 saturated carbocycles. The van der Waals surface area contributed by atoms with Crippen molar-refractivity contribution in [2.75, 3.05) is 0 Å². The summed E-state index contributed by atoms with van der Waals surface area (Å²) >= 11 is 9.78. The summed E-state index contributed by atoms with van der Waals surface area (Å²) in [4.78, 5) is 10.3. The summed E-state index contributed by atoms with van der Waals surface area (Å²) in [7, 11) is 0. The van der Waals surface area contributed by atoms with Crippen LogP contribution in [0.15, 0.2) is 30.5 Å². The van der Waals surface area contributed by atoms with Gasteiger partial charge in [0.25, 0.3) is 0 Å². The average molecular weight is 356 g/mol. The highest BCUT2D eigenvalue weighted by Crippen LogP contribution is 2.32. The largest absolute Gasteiger partial charge is 0.288 e. The zero-order chi connectivity index (χ0) is 9.97. The lowest BCUT2D eigenvalue weighted by molar-refractivity contribution is -0.100. The van der Waals surface area contributed by atoms with Crippen molar-refractivity contribution in [1.29, 1.82) is 0 Å². The van der Waals surface area contributed by atoms with Crippen molar-refractivity contribution in [3.63, 3.8) is 0 Å². The summed E-state index contributed by atoms with van der Waals surface area (Å²) in [5.41, 5.74) is 0. The van der Waals surface area contributed by atoms with Crippen LogP contribution in [0, 0.1) is 0 Å². The second-order valence-electron chi connectivity index (χ2n) is 2.33. The van der Waals surface area contributed by atoms with Gasteiger partial charge < -0.3 is 0 Å². The zero-order valence-corrected chi connectivity index (χ0v) is 11.5. The number of rotatable bonds is 3. The fourth-order valence-corrected chi connectivity index (χ4v) is 3.25. The molecule has 0 saturated heterocycles. The molecule has 0 aliphatic rings. The van der Waals surface area contributed by atoms with Gasteiger partial charge in [0.2, 0.25) is 11.5 Å². The molecule has 6 heteroatoms. The molecule has 2 rings (SSSR count). The Hall–Kier alpha value is -0.0400. The van der Waals surface area contributed by atoms with Crippen molar-refractivity contribution >= 4 is 54.5 Å². The summed E-state index contributed by atoms with van der Waals surface area (Å²) in [6.07, 6.45) is 0. The Balaban J connectivity index is 2.02. The van der Waals surface area contributed by atoms with E-state index in [1.807, 2.05) is 21.5 Å². The molecule has 74 valence electrons. The minimum Gasteiger partial charge on any atom is -0.288 e. The van der Waals surface area contributed by atoms with Gasteiger partial charge in [-0.25, -0.2) is 0 Å². The van der Waals surface area contributed by atoms with Gasteiger partial charge >= 0.3 is 0 Å². The number of hydrogen-bond acceptors (Lipinski definition) is 4. The Morgan fingerprint density at radius 2 is 1.21 bits per heavy atom. The Kier molecular flexibility index (Phi) is 3.48. The van der Waals surface area contributed by atoms with Crippen LogP contribution < -0.4 is 9.78 Å². The van der Waals surface area contributed by atoms with E-state index in [0.29, 0.717) is 11.5 Å². The Morgan fingerprint density at radius 3 is 1.50 bits per heavy atom. The van der Waals surface area contributed by atoms with Crippen molar-refractivity contribution in [2.45, 2.75) is 0 Å². The SMILES string of the molecule is Brc1cscc1OOc1cscc1Br. The number of halogens is 2. The van der Waals surface area contributed by atoms with Gasteiger partial charge in [0.05, 0.1) is 8.95 Å². The van der Waals surface area contributed by atoms with Gasteiger partial charge in [0, 0.05) is 21.5 Å². The fraction of sp³-hybridized carbons (Fsp3) is 0. The fourth-order valence-electron chi connectivity index (χ4n) is 0.749.